The first-order chi connectivity index (χ1) is 10.1. The van der Waals surface area contributed by atoms with Gasteiger partial charge in [0.2, 0.25) is 0 Å². The molecule has 1 aliphatic rings. The smallest absolute Gasteiger partial charge is 0.307 e. The molecule has 1 unspecified atom stereocenters. The number of hydrogen-bond donors (Lipinski definition) is 1. The number of carboxylic acids is 1. The Balaban J connectivity index is 2.00. The first kappa shape index (κ1) is 15.8. The van der Waals surface area contributed by atoms with E-state index < -0.39 is 5.97 Å². The summed E-state index contributed by atoms with van der Waals surface area (Å²) in [5.41, 5.74) is 1.14. The second-order valence-corrected chi connectivity index (χ2v) is 6.23. The summed E-state index contributed by atoms with van der Waals surface area (Å²) in [4.78, 5) is 13.4. The second-order valence-electron chi connectivity index (χ2n) is 6.23. The van der Waals surface area contributed by atoms with Crippen molar-refractivity contribution in [1.29, 1.82) is 0 Å². The van der Waals surface area contributed by atoms with Gasteiger partial charge in [-0.2, -0.15) is 0 Å². The zero-order valence-electron chi connectivity index (χ0n) is 12.9. The van der Waals surface area contributed by atoms with Gasteiger partial charge in [-0.1, -0.05) is 32.0 Å². The van der Waals surface area contributed by atoms with Gasteiger partial charge in [0.05, 0.1) is 12.5 Å². The predicted molar refractivity (Wildman–Crippen MR) is 82.4 cm³/mol. The molecule has 4 heteroatoms. The lowest BCUT2D eigenvalue weighted by atomic mass is 9.98. The van der Waals surface area contributed by atoms with Crippen molar-refractivity contribution in [2.75, 3.05) is 19.7 Å². The molecule has 0 radical (unpaired) electrons. The van der Waals surface area contributed by atoms with E-state index in [1.165, 1.54) is 0 Å². The second kappa shape index (κ2) is 7.46. The number of piperidine rings is 1. The standard InChI is InChI=1S/C17H25NO3/c1-13(2)12-21-16-8-4-3-6-14(16)10-18-9-5-7-15(11-18)17(19)20/h3-4,6,8,13,15H,5,7,9-12H2,1-2H3,(H,19,20). The Labute approximate surface area is 126 Å². The van der Waals surface area contributed by atoms with Crippen molar-refractivity contribution < 1.29 is 14.6 Å². The highest BCUT2D eigenvalue weighted by molar-refractivity contribution is 5.70. The van der Waals surface area contributed by atoms with E-state index in [0.29, 0.717) is 19.1 Å². The van der Waals surface area contributed by atoms with E-state index in [1.807, 2.05) is 18.2 Å². The maximum absolute atomic E-state index is 11.1. The third kappa shape index (κ3) is 4.74. The molecular formula is C17H25NO3. The molecule has 0 spiro atoms. The highest BCUT2D eigenvalue weighted by Crippen LogP contribution is 2.24. The number of likely N-dealkylation sites (tertiary alicyclic amines) is 1. The Morgan fingerprint density at radius 1 is 1.43 bits per heavy atom. The molecule has 1 atom stereocenters. The van der Waals surface area contributed by atoms with Gasteiger partial charge >= 0.3 is 5.97 Å². The molecule has 1 N–H and O–H groups in total. The lowest BCUT2D eigenvalue weighted by Gasteiger charge is -2.31. The van der Waals surface area contributed by atoms with Crippen LogP contribution in [0.1, 0.15) is 32.3 Å². The molecule has 0 bridgehead atoms. The van der Waals surface area contributed by atoms with Gasteiger partial charge in [-0.05, 0) is 31.4 Å². The molecule has 21 heavy (non-hydrogen) atoms. The molecule has 116 valence electrons. The number of rotatable bonds is 6. The fraction of sp³-hybridized carbons (Fsp3) is 0.588. The first-order valence-corrected chi connectivity index (χ1v) is 7.72. The Morgan fingerprint density at radius 2 is 2.19 bits per heavy atom. The highest BCUT2D eigenvalue weighted by Gasteiger charge is 2.25. The number of hydrogen-bond acceptors (Lipinski definition) is 3. The van der Waals surface area contributed by atoms with Crippen LogP contribution >= 0.6 is 0 Å². The summed E-state index contributed by atoms with van der Waals surface area (Å²) in [5, 5.41) is 9.17. The quantitative estimate of drug-likeness (QED) is 0.875. The Bertz CT molecular complexity index is 473. The summed E-state index contributed by atoms with van der Waals surface area (Å²) in [7, 11) is 0. The maximum Gasteiger partial charge on any atom is 0.307 e. The number of benzene rings is 1. The van der Waals surface area contributed by atoms with Crippen molar-refractivity contribution in [3.63, 3.8) is 0 Å². The summed E-state index contributed by atoms with van der Waals surface area (Å²) in [6.45, 7) is 7.32. The Hall–Kier alpha value is -1.55. The molecule has 1 saturated heterocycles. The van der Waals surface area contributed by atoms with Crippen molar-refractivity contribution >= 4 is 5.97 Å². The molecule has 2 rings (SSSR count). The van der Waals surface area contributed by atoms with E-state index in [9.17, 15) is 9.90 Å². The third-order valence-electron chi connectivity index (χ3n) is 3.79. The van der Waals surface area contributed by atoms with Crippen LogP contribution in [-0.2, 0) is 11.3 Å². The predicted octanol–water partition coefficient (Wildman–Crippen LogP) is 3.02. The van der Waals surface area contributed by atoms with Crippen molar-refractivity contribution in [2.24, 2.45) is 11.8 Å². The van der Waals surface area contributed by atoms with Crippen molar-refractivity contribution in [1.82, 2.24) is 4.90 Å². The molecule has 1 aliphatic heterocycles. The van der Waals surface area contributed by atoms with Gasteiger partial charge in [-0.3, -0.25) is 9.69 Å². The summed E-state index contributed by atoms with van der Waals surface area (Å²) < 4.78 is 5.87. The fourth-order valence-corrected chi connectivity index (χ4v) is 2.67. The van der Waals surface area contributed by atoms with Gasteiger partial charge in [-0.25, -0.2) is 0 Å². The zero-order chi connectivity index (χ0) is 15.2. The maximum atomic E-state index is 11.1. The van der Waals surface area contributed by atoms with Crippen molar-refractivity contribution in [3.05, 3.63) is 29.8 Å². The monoisotopic (exact) mass is 291 g/mol. The lowest BCUT2D eigenvalue weighted by molar-refractivity contribution is -0.143. The van der Waals surface area contributed by atoms with Gasteiger partial charge in [0.15, 0.2) is 0 Å². The van der Waals surface area contributed by atoms with Gasteiger partial charge in [0.25, 0.3) is 0 Å². The summed E-state index contributed by atoms with van der Waals surface area (Å²) in [6, 6.07) is 8.06. The number of ether oxygens (including phenoxy) is 1. The Kier molecular flexibility index (Phi) is 5.62. The molecule has 1 heterocycles. The minimum Gasteiger partial charge on any atom is -0.493 e. The topological polar surface area (TPSA) is 49.8 Å². The molecular weight excluding hydrogens is 266 g/mol. The number of carbonyl (C=O) groups is 1. The van der Waals surface area contributed by atoms with Gasteiger partial charge < -0.3 is 9.84 Å². The van der Waals surface area contributed by atoms with Gasteiger partial charge in [-0.15, -0.1) is 0 Å². The molecule has 0 saturated carbocycles. The van der Waals surface area contributed by atoms with Crippen LogP contribution in [0, 0.1) is 11.8 Å². The van der Waals surface area contributed by atoms with Crippen LogP contribution in [-0.4, -0.2) is 35.7 Å². The van der Waals surface area contributed by atoms with Crippen LogP contribution in [0.2, 0.25) is 0 Å². The van der Waals surface area contributed by atoms with Gasteiger partial charge in [0, 0.05) is 18.7 Å². The van der Waals surface area contributed by atoms with Crippen LogP contribution in [0.5, 0.6) is 5.75 Å². The number of aliphatic carboxylic acids is 1. The molecule has 0 aromatic heterocycles. The molecule has 0 aliphatic carbocycles. The minimum absolute atomic E-state index is 0.234. The highest BCUT2D eigenvalue weighted by atomic mass is 16.5. The van der Waals surface area contributed by atoms with E-state index >= 15 is 0 Å². The normalized spacial score (nSPS) is 19.7. The molecule has 1 aromatic carbocycles. The van der Waals surface area contributed by atoms with Crippen LogP contribution in [0.4, 0.5) is 0 Å². The van der Waals surface area contributed by atoms with Crippen LogP contribution < -0.4 is 4.74 Å². The van der Waals surface area contributed by atoms with E-state index in [-0.39, 0.29) is 5.92 Å². The SMILES string of the molecule is CC(C)COc1ccccc1CN1CCCC(C(=O)O)C1. The largest absolute Gasteiger partial charge is 0.493 e. The Morgan fingerprint density at radius 3 is 2.90 bits per heavy atom. The fourth-order valence-electron chi connectivity index (χ4n) is 2.67. The number of para-hydroxylation sites is 1. The molecule has 0 amide bonds. The molecule has 1 aromatic rings. The number of nitrogens with zero attached hydrogens (tertiary/aromatic N) is 1. The third-order valence-corrected chi connectivity index (χ3v) is 3.79. The molecule has 1 fully saturated rings. The van der Waals surface area contributed by atoms with E-state index in [4.69, 9.17) is 4.74 Å². The van der Waals surface area contributed by atoms with Crippen LogP contribution in [0.15, 0.2) is 24.3 Å². The summed E-state index contributed by atoms with van der Waals surface area (Å²) in [6.07, 6.45) is 1.74. The van der Waals surface area contributed by atoms with Gasteiger partial charge in [0.1, 0.15) is 5.75 Å². The summed E-state index contributed by atoms with van der Waals surface area (Å²) in [5.74, 6) is 0.500. The average molecular weight is 291 g/mol. The molecule has 4 nitrogen and oxygen atoms in total. The summed E-state index contributed by atoms with van der Waals surface area (Å²) >= 11 is 0. The van der Waals surface area contributed by atoms with Crippen molar-refractivity contribution in [3.8, 4) is 5.75 Å². The minimum atomic E-state index is -0.677. The van der Waals surface area contributed by atoms with Crippen molar-refractivity contribution in [2.45, 2.75) is 33.2 Å². The van der Waals surface area contributed by atoms with E-state index in [0.717, 1.165) is 37.2 Å². The zero-order valence-corrected chi connectivity index (χ0v) is 12.9. The average Bonchev–Trinajstić information content (AvgIpc) is 2.46. The van der Waals surface area contributed by atoms with E-state index in [2.05, 4.69) is 24.8 Å². The van der Waals surface area contributed by atoms with Crippen LogP contribution in [0.3, 0.4) is 0 Å². The number of carboxylic acid groups (broad SMARTS) is 1. The van der Waals surface area contributed by atoms with Crippen LogP contribution in [0.25, 0.3) is 0 Å². The first-order valence-electron chi connectivity index (χ1n) is 7.72. The lowest BCUT2D eigenvalue weighted by Crippen LogP contribution is -2.38. The van der Waals surface area contributed by atoms with E-state index in [1.54, 1.807) is 0 Å².